The van der Waals surface area contributed by atoms with E-state index in [1.165, 1.54) is 0 Å². The van der Waals surface area contributed by atoms with Gasteiger partial charge in [0, 0.05) is 22.3 Å². The SMILES string of the molecule is Clc1cccc(Cl)c1.NC(F)(C(=O)Cc1ccccc1)C(=O)OCCCCCl. The summed E-state index contributed by atoms with van der Waals surface area (Å²) < 4.78 is 18.6. The lowest BCUT2D eigenvalue weighted by molar-refractivity contribution is -0.162. The van der Waals surface area contributed by atoms with E-state index in [1.807, 2.05) is 6.07 Å². The van der Waals surface area contributed by atoms with Crippen molar-refractivity contribution in [2.45, 2.75) is 25.1 Å². The first kappa shape index (κ1) is 24.4. The number of unbranched alkanes of at least 4 members (excludes halogenated alkanes) is 1. The highest BCUT2D eigenvalue weighted by molar-refractivity contribution is 6.34. The third-order valence-electron chi connectivity index (χ3n) is 3.46. The van der Waals surface area contributed by atoms with Crippen LogP contribution < -0.4 is 5.73 Å². The van der Waals surface area contributed by atoms with E-state index in [0.717, 1.165) is 0 Å². The van der Waals surface area contributed by atoms with E-state index in [-0.39, 0.29) is 13.0 Å². The lowest BCUT2D eigenvalue weighted by atomic mass is 10.0. The summed E-state index contributed by atoms with van der Waals surface area (Å²) >= 11 is 16.6. The number of ketones is 1. The molecule has 152 valence electrons. The van der Waals surface area contributed by atoms with Crippen LogP contribution in [0.4, 0.5) is 4.39 Å². The summed E-state index contributed by atoms with van der Waals surface area (Å²) in [5.41, 5.74) is 5.73. The van der Waals surface area contributed by atoms with Gasteiger partial charge in [0.1, 0.15) is 0 Å². The number of ether oxygens (including phenoxy) is 1. The van der Waals surface area contributed by atoms with Crippen molar-refractivity contribution in [2.24, 2.45) is 5.73 Å². The Balaban J connectivity index is 0.000000406. The average molecular weight is 449 g/mol. The number of halogens is 4. The Bertz CT molecular complexity index is 740. The molecule has 0 saturated heterocycles. The Morgan fingerprint density at radius 3 is 2.11 bits per heavy atom. The van der Waals surface area contributed by atoms with Crippen LogP contribution in [0.25, 0.3) is 0 Å². The van der Waals surface area contributed by atoms with Crippen molar-refractivity contribution in [3.8, 4) is 0 Å². The molecule has 0 radical (unpaired) electrons. The molecule has 0 aliphatic carbocycles. The first-order valence-electron chi connectivity index (χ1n) is 8.46. The lowest BCUT2D eigenvalue weighted by Crippen LogP contribution is -2.52. The number of alkyl halides is 2. The molecule has 0 spiro atoms. The van der Waals surface area contributed by atoms with Gasteiger partial charge in [-0.15, -0.1) is 11.6 Å². The summed E-state index contributed by atoms with van der Waals surface area (Å²) in [5, 5.41) is 1.36. The molecule has 28 heavy (non-hydrogen) atoms. The van der Waals surface area contributed by atoms with Gasteiger partial charge in [-0.2, -0.15) is 0 Å². The van der Waals surface area contributed by atoms with Crippen LogP contribution in [0.5, 0.6) is 0 Å². The zero-order valence-electron chi connectivity index (χ0n) is 15.0. The van der Waals surface area contributed by atoms with E-state index in [4.69, 9.17) is 40.5 Å². The molecule has 0 aliphatic heterocycles. The van der Waals surface area contributed by atoms with Crippen LogP contribution in [0, 0.1) is 0 Å². The molecular weight excluding hydrogens is 428 g/mol. The molecule has 0 bridgehead atoms. The summed E-state index contributed by atoms with van der Waals surface area (Å²) in [4.78, 5) is 23.2. The standard InChI is InChI=1S/C14H17ClFNO3.C6H4Cl2/c15-8-4-5-9-20-13(19)14(16,17)12(18)10-11-6-2-1-3-7-11;7-5-2-1-3-6(8)4-5/h1-3,6-7H,4-5,8-10,17H2;1-4H. The van der Waals surface area contributed by atoms with Crippen molar-refractivity contribution in [2.75, 3.05) is 12.5 Å². The zero-order valence-corrected chi connectivity index (χ0v) is 17.3. The molecule has 0 amide bonds. The van der Waals surface area contributed by atoms with E-state index >= 15 is 0 Å². The molecule has 2 rings (SSSR count). The van der Waals surface area contributed by atoms with Crippen LogP contribution in [-0.4, -0.2) is 30.0 Å². The Morgan fingerprint density at radius 1 is 1.00 bits per heavy atom. The Hall–Kier alpha value is -1.66. The lowest BCUT2D eigenvalue weighted by Gasteiger charge is -2.17. The van der Waals surface area contributed by atoms with Crippen LogP contribution in [0.1, 0.15) is 18.4 Å². The van der Waals surface area contributed by atoms with Gasteiger partial charge in [0.25, 0.3) is 0 Å². The van der Waals surface area contributed by atoms with Gasteiger partial charge in [-0.3, -0.25) is 10.5 Å². The molecule has 2 aromatic carbocycles. The number of hydrogen-bond acceptors (Lipinski definition) is 4. The molecule has 8 heteroatoms. The second-order valence-corrected chi connectivity index (χ2v) is 7.02. The second kappa shape index (κ2) is 12.7. The summed E-state index contributed by atoms with van der Waals surface area (Å²) in [6.07, 6.45) is 0.874. The van der Waals surface area contributed by atoms with Gasteiger partial charge in [-0.1, -0.05) is 59.6 Å². The Morgan fingerprint density at radius 2 is 1.61 bits per heavy atom. The molecule has 0 saturated carbocycles. The van der Waals surface area contributed by atoms with Crippen molar-refractivity contribution < 1.29 is 18.7 Å². The summed E-state index contributed by atoms with van der Waals surface area (Å²) in [6.45, 7) is -0.00690. The number of carbonyl (C=O) groups excluding carboxylic acids is 2. The average Bonchev–Trinajstić information content (AvgIpc) is 2.66. The number of nitrogens with two attached hydrogens (primary N) is 1. The van der Waals surface area contributed by atoms with Gasteiger partial charge in [0.2, 0.25) is 5.78 Å². The molecular formula is C20H21Cl3FNO3. The molecule has 2 N–H and O–H groups in total. The molecule has 0 aliphatic rings. The minimum Gasteiger partial charge on any atom is -0.462 e. The van der Waals surface area contributed by atoms with E-state index in [1.54, 1.807) is 48.5 Å². The third kappa shape index (κ3) is 9.02. The van der Waals surface area contributed by atoms with Crippen molar-refractivity contribution in [3.05, 3.63) is 70.2 Å². The monoisotopic (exact) mass is 447 g/mol. The van der Waals surface area contributed by atoms with Crippen LogP contribution >= 0.6 is 34.8 Å². The number of Topliss-reactive ketones (excluding diaryl/α,β-unsaturated/α-hetero) is 1. The fourth-order valence-corrected chi connectivity index (χ4v) is 2.58. The molecule has 0 fully saturated rings. The minimum atomic E-state index is -3.11. The quantitative estimate of drug-likeness (QED) is 0.203. The van der Waals surface area contributed by atoms with Crippen molar-refractivity contribution in [1.82, 2.24) is 0 Å². The van der Waals surface area contributed by atoms with E-state index < -0.39 is 17.5 Å². The predicted molar refractivity (Wildman–Crippen MR) is 111 cm³/mol. The van der Waals surface area contributed by atoms with Crippen LogP contribution in [-0.2, 0) is 20.7 Å². The van der Waals surface area contributed by atoms with Gasteiger partial charge in [0.15, 0.2) is 0 Å². The molecule has 0 heterocycles. The molecule has 0 aromatic heterocycles. The Labute approximate surface area is 178 Å². The van der Waals surface area contributed by atoms with Gasteiger partial charge >= 0.3 is 11.8 Å². The maximum Gasteiger partial charge on any atom is 0.367 e. The largest absolute Gasteiger partial charge is 0.462 e. The molecule has 1 unspecified atom stereocenters. The van der Waals surface area contributed by atoms with Gasteiger partial charge in [-0.05, 0) is 36.6 Å². The van der Waals surface area contributed by atoms with Crippen molar-refractivity contribution in [1.29, 1.82) is 0 Å². The highest BCUT2D eigenvalue weighted by Gasteiger charge is 2.43. The van der Waals surface area contributed by atoms with E-state index in [0.29, 0.717) is 34.3 Å². The highest BCUT2D eigenvalue weighted by atomic mass is 35.5. The number of rotatable bonds is 8. The maximum atomic E-state index is 14.0. The number of esters is 1. The third-order valence-corrected chi connectivity index (χ3v) is 4.20. The summed E-state index contributed by atoms with van der Waals surface area (Å²) in [5.74, 6) is -5.07. The highest BCUT2D eigenvalue weighted by Crippen LogP contribution is 2.14. The number of benzene rings is 2. The molecule has 4 nitrogen and oxygen atoms in total. The van der Waals surface area contributed by atoms with Crippen LogP contribution in [0.2, 0.25) is 10.0 Å². The van der Waals surface area contributed by atoms with E-state index in [2.05, 4.69) is 4.74 Å². The van der Waals surface area contributed by atoms with E-state index in [9.17, 15) is 14.0 Å². The molecule has 2 aromatic rings. The summed E-state index contributed by atoms with van der Waals surface area (Å²) in [6, 6.07) is 15.6. The first-order chi connectivity index (χ1) is 13.3. The second-order valence-electron chi connectivity index (χ2n) is 5.77. The maximum absolute atomic E-state index is 14.0. The fraction of sp³-hybridized carbons (Fsp3) is 0.300. The van der Waals surface area contributed by atoms with Crippen LogP contribution in [0.3, 0.4) is 0 Å². The van der Waals surface area contributed by atoms with Crippen molar-refractivity contribution in [3.63, 3.8) is 0 Å². The predicted octanol–water partition coefficient (Wildman–Crippen LogP) is 4.98. The first-order valence-corrected chi connectivity index (χ1v) is 9.75. The minimum absolute atomic E-state index is 0.00690. The fourth-order valence-electron chi connectivity index (χ4n) is 1.95. The normalized spacial score (nSPS) is 12.3. The number of carbonyl (C=O) groups is 2. The van der Waals surface area contributed by atoms with Gasteiger partial charge < -0.3 is 4.74 Å². The smallest absolute Gasteiger partial charge is 0.367 e. The Kier molecular flexibility index (Phi) is 11.1. The van der Waals surface area contributed by atoms with Gasteiger partial charge in [0.05, 0.1) is 6.61 Å². The molecule has 1 atom stereocenters. The van der Waals surface area contributed by atoms with Crippen molar-refractivity contribution >= 4 is 46.6 Å². The topological polar surface area (TPSA) is 69.4 Å². The summed E-state index contributed by atoms with van der Waals surface area (Å²) in [7, 11) is 0. The number of hydrogen-bond donors (Lipinski definition) is 1. The van der Waals surface area contributed by atoms with Gasteiger partial charge in [-0.25, -0.2) is 9.18 Å². The zero-order chi connectivity index (χ0) is 21.0. The van der Waals surface area contributed by atoms with Crippen LogP contribution in [0.15, 0.2) is 54.6 Å².